The first-order chi connectivity index (χ1) is 15.8. The van der Waals surface area contributed by atoms with Crippen LogP contribution in [0.15, 0.2) is 23.1 Å². The molecule has 182 valence electrons. The highest BCUT2D eigenvalue weighted by atomic mass is 32.2. The van der Waals surface area contributed by atoms with Gasteiger partial charge in [0.1, 0.15) is 12.3 Å². The molecule has 1 aromatic carbocycles. The van der Waals surface area contributed by atoms with E-state index in [1.807, 2.05) is 0 Å². The molecule has 8 nitrogen and oxygen atoms in total. The summed E-state index contributed by atoms with van der Waals surface area (Å²) < 4.78 is 33.6. The molecule has 1 N–H and O–H groups in total. The average molecular weight is 478 g/mol. The quantitative estimate of drug-likeness (QED) is 0.704. The fourth-order valence-electron chi connectivity index (χ4n) is 5.13. The van der Waals surface area contributed by atoms with Crippen molar-refractivity contribution >= 4 is 27.5 Å². The number of sulfonamides is 1. The zero-order chi connectivity index (χ0) is 23.6. The van der Waals surface area contributed by atoms with E-state index in [1.165, 1.54) is 21.3 Å². The molecule has 0 aromatic heterocycles. The van der Waals surface area contributed by atoms with Crippen molar-refractivity contribution in [2.45, 2.75) is 69.7 Å². The first-order valence-electron chi connectivity index (χ1n) is 12.1. The Morgan fingerprint density at radius 2 is 1.82 bits per heavy atom. The fourth-order valence-corrected chi connectivity index (χ4v) is 6.67. The van der Waals surface area contributed by atoms with Crippen LogP contribution in [0.2, 0.25) is 0 Å². The van der Waals surface area contributed by atoms with E-state index in [0.29, 0.717) is 36.4 Å². The minimum atomic E-state index is -3.69. The lowest BCUT2D eigenvalue weighted by molar-refractivity contribution is -0.126. The highest BCUT2D eigenvalue weighted by molar-refractivity contribution is 7.89. The van der Waals surface area contributed by atoms with E-state index in [1.54, 1.807) is 6.07 Å². The monoisotopic (exact) mass is 477 g/mol. The number of amides is 2. The number of fused-ring (bicyclic) bond motifs is 1. The van der Waals surface area contributed by atoms with Gasteiger partial charge in [-0.2, -0.15) is 4.31 Å². The van der Waals surface area contributed by atoms with Crippen molar-refractivity contribution in [1.82, 2.24) is 9.62 Å². The van der Waals surface area contributed by atoms with Crippen molar-refractivity contribution in [2.24, 2.45) is 11.8 Å². The first kappa shape index (κ1) is 24.0. The van der Waals surface area contributed by atoms with Crippen molar-refractivity contribution in [3.05, 3.63) is 18.2 Å². The molecule has 0 unspecified atom stereocenters. The van der Waals surface area contributed by atoms with Crippen molar-refractivity contribution in [3.63, 3.8) is 0 Å². The first-order valence-corrected chi connectivity index (χ1v) is 13.6. The molecule has 0 bridgehead atoms. The predicted octanol–water partition coefficient (Wildman–Crippen LogP) is 2.92. The Morgan fingerprint density at radius 1 is 1.09 bits per heavy atom. The molecule has 9 heteroatoms. The van der Waals surface area contributed by atoms with Crippen LogP contribution >= 0.6 is 0 Å². The van der Waals surface area contributed by atoms with Crippen molar-refractivity contribution in [1.29, 1.82) is 0 Å². The van der Waals surface area contributed by atoms with Crippen LogP contribution in [-0.4, -0.2) is 56.8 Å². The molecule has 1 saturated carbocycles. The number of rotatable bonds is 5. The summed E-state index contributed by atoms with van der Waals surface area (Å²) in [6.45, 7) is 5.04. The van der Waals surface area contributed by atoms with Gasteiger partial charge in [0.2, 0.25) is 15.9 Å². The molecule has 2 heterocycles. The number of ether oxygens (including phenoxy) is 1. The predicted molar refractivity (Wildman–Crippen MR) is 126 cm³/mol. The summed E-state index contributed by atoms with van der Waals surface area (Å²) in [5.74, 6) is 0.745. The number of anilines is 1. The largest absolute Gasteiger partial charge is 0.482 e. The molecule has 0 spiro atoms. The molecule has 1 saturated heterocycles. The van der Waals surface area contributed by atoms with E-state index in [-0.39, 0.29) is 35.9 Å². The Bertz CT molecular complexity index is 988. The lowest BCUT2D eigenvalue weighted by Crippen LogP contribution is -2.50. The van der Waals surface area contributed by atoms with Crippen LogP contribution in [0.1, 0.15) is 58.8 Å². The Morgan fingerprint density at radius 3 is 2.55 bits per heavy atom. The highest BCUT2D eigenvalue weighted by Crippen LogP contribution is 2.35. The smallest absolute Gasteiger partial charge is 0.265 e. The highest BCUT2D eigenvalue weighted by Gasteiger charge is 2.33. The minimum Gasteiger partial charge on any atom is -0.482 e. The number of carbonyl (C=O) groups excluding carboxylic acids is 2. The molecule has 3 atom stereocenters. The maximum atomic E-state index is 13.3. The van der Waals surface area contributed by atoms with Gasteiger partial charge in [0.15, 0.2) is 6.61 Å². The summed E-state index contributed by atoms with van der Waals surface area (Å²) in [6, 6.07) is 4.68. The minimum absolute atomic E-state index is 0.0895. The number of benzene rings is 1. The van der Waals surface area contributed by atoms with Crippen molar-refractivity contribution in [3.8, 4) is 5.75 Å². The van der Waals surface area contributed by atoms with Crippen LogP contribution in [-0.2, 0) is 19.6 Å². The van der Waals surface area contributed by atoms with Gasteiger partial charge in [-0.25, -0.2) is 8.42 Å². The van der Waals surface area contributed by atoms with E-state index in [4.69, 9.17) is 4.74 Å². The molecule has 2 fully saturated rings. The van der Waals surface area contributed by atoms with Gasteiger partial charge in [0.05, 0.1) is 10.6 Å². The Labute approximate surface area is 196 Å². The van der Waals surface area contributed by atoms with E-state index in [2.05, 4.69) is 19.2 Å². The molecule has 2 amide bonds. The van der Waals surface area contributed by atoms with Crippen LogP contribution in [0, 0.1) is 11.8 Å². The van der Waals surface area contributed by atoms with Crippen LogP contribution in [0.4, 0.5) is 5.69 Å². The third kappa shape index (κ3) is 5.19. The summed E-state index contributed by atoms with van der Waals surface area (Å²) in [5, 5.41) is 3.10. The maximum absolute atomic E-state index is 13.3. The number of hydrogen-bond donors (Lipinski definition) is 1. The topological polar surface area (TPSA) is 96.0 Å². The maximum Gasteiger partial charge on any atom is 0.265 e. The van der Waals surface area contributed by atoms with Gasteiger partial charge in [0, 0.05) is 19.1 Å². The Hall–Kier alpha value is -2.13. The van der Waals surface area contributed by atoms with Crippen molar-refractivity contribution < 1.29 is 22.7 Å². The van der Waals surface area contributed by atoms with Gasteiger partial charge in [-0.3, -0.25) is 14.5 Å². The van der Waals surface area contributed by atoms with Crippen molar-refractivity contribution in [2.75, 3.05) is 31.1 Å². The molecule has 1 aromatic rings. The zero-order valence-electron chi connectivity index (χ0n) is 19.6. The number of nitrogens with zero attached hydrogens (tertiary/aromatic N) is 2. The van der Waals surface area contributed by atoms with Gasteiger partial charge >= 0.3 is 0 Å². The molecule has 1 aliphatic carbocycles. The van der Waals surface area contributed by atoms with E-state index in [9.17, 15) is 18.0 Å². The number of hydrogen-bond acceptors (Lipinski definition) is 5. The second-order valence-electron chi connectivity index (χ2n) is 9.66. The zero-order valence-corrected chi connectivity index (χ0v) is 20.4. The fraction of sp³-hybridized carbons (Fsp3) is 0.667. The molecule has 2 aliphatic heterocycles. The second-order valence-corrected chi connectivity index (χ2v) is 11.6. The normalized spacial score (nSPS) is 26.8. The van der Waals surface area contributed by atoms with Crippen LogP contribution in [0.5, 0.6) is 5.75 Å². The summed E-state index contributed by atoms with van der Waals surface area (Å²) in [4.78, 5) is 27.0. The lowest BCUT2D eigenvalue weighted by atomic mass is 9.78. The summed E-state index contributed by atoms with van der Waals surface area (Å²) in [6.07, 6.45) is 6.92. The SMILES string of the molecule is C[C@H]1[C@H](C)CCC[C@@H]1NC(=O)CN1C(=O)COc2ccc(S(=O)(=O)N3CCCCCC3)cc21. The van der Waals surface area contributed by atoms with E-state index >= 15 is 0 Å². The summed E-state index contributed by atoms with van der Waals surface area (Å²) in [7, 11) is -3.69. The van der Waals surface area contributed by atoms with Crippen LogP contribution < -0.4 is 15.0 Å². The molecule has 3 aliphatic rings. The van der Waals surface area contributed by atoms with Crippen LogP contribution in [0.3, 0.4) is 0 Å². The summed E-state index contributed by atoms with van der Waals surface area (Å²) in [5.41, 5.74) is 0.336. The molecular formula is C24H35N3O5S. The lowest BCUT2D eigenvalue weighted by Gasteiger charge is -2.35. The number of nitrogens with one attached hydrogen (secondary N) is 1. The third-order valence-corrected chi connectivity index (χ3v) is 9.33. The Kier molecular flexibility index (Phi) is 7.28. The van der Waals surface area contributed by atoms with E-state index < -0.39 is 10.0 Å². The van der Waals surface area contributed by atoms with Gasteiger partial charge in [0.25, 0.3) is 5.91 Å². The van der Waals surface area contributed by atoms with Gasteiger partial charge in [-0.1, -0.05) is 39.5 Å². The molecule has 0 radical (unpaired) electrons. The average Bonchev–Trinajstić information content (AvgIpc) is 3.09. The standard InChI is InChI=1S/C24H35N3O5S/c1-17-8-7-9-20(18(17)2)25-23(28)15-27-21-14-19(10-11-22(21)32-16-24(27)29)33(30,31)26-12-5-3-4-6-13-26/h10-11,14,17-18,20H,3-9,12-13,15-16H2,1-2H3,(H,25,28)/t17-,18+,20+/m1/s1. The van der Waals surface area contributed by atoms with E-state index in [0.717, 1.165) is 44.9 Å². The third-order valence-electron chi connectivity index (χ3n) is 7.43. The van der Waals surface area contributed by atoms with Gasteiger partial charge < -0.3 is 10.1 Å². The molecular weight excluding hydrogens is 442 g/mol. The second kappa shape index (κ2) is 10.0. The number of carbonyl (C=O) groups is 2. The molecule has 33 heavy (non-hydrogen) atoms. The van der Waals surface area contributed by atoms with Crippen LogP contribution in [0.25, 0.3) is 0 Å². The Balaban J connectivity index is 1.54. The van der Waals surface area contributed by atoms with Gasteiger partial charge in [-0.05, 0) is 49.3 Å². The molecule has 4 rings (SSSR count). The van der Waals surface area contributed by atoms with Gasteiger partial charge in [-0.15, -0.1) is 0 Å². The summed E-state index contributed by atoms with van der Waals surface area (Å²) >= 11 is 0.